The van der Waals surface area contributed by atoms with Gasteiger partial charge in [-0.15, -0.1) is 0 Å². The first-order valence-corrected chi connectivity index (χ1v) is 7.89. The Hall–Kier alpha value is -1.40. The second kappa shape index (κ2) is 6.58. The molecule has 2 fully saturated rings. The predicted molar refractivity (Wildman–Crippen MR) is 80.1 cm³/mol. The first-order valence-electron chi connectivity index (χ1n) is 7.89. The average Bonchev–Trinajstić information content (AvgIpc) is 3.11. The molecule has 0 bridgehead atoms. The van der Waals surface area contributed by atoms with Crippen molar-refractivity contribution in [2.75, 3.05) is 31.5 Å². The van der Waals surface area contributed by atoms with E-state index in [0.29, 0.717) is 30.1 Å². The zero-order valence-corrected chi connectivity index (χ0v) is 12.6. The van der Waals surface area contributed by atoms with Gasteiger partial charge in [0.15, 0.2) is 5.82 Å². The Kier molecular flexibility index (Phi) is 4.55. The van der Waals surface area contributed by atoms with Crippen LogP contribution in [0.1, 0.15) is 31.4 Å². The predicted octanol–water partition coefficient (Wildman–Crippen LogP) is 1.39. The molecule has 116 valence electrons. The van der Waals surface area contributed by atoms with E-state index in [1.165, 1.54) is 25.7 Å². The molecule has 3 heterocycles. The highest BCUT2D eigenvalue weighted by Crippen LogP contribution is 2.24. The van der Waals surface area contributed by atoms with Gasteiger partial charge in [0, 0.05) is 18.7 Å². The van der Waals surface area contributed by atoms with Gasteiger partial charge >= 0.3 is 0 Å². The summed E-state index contributed by atoms with van der Waals surface area (Å²) in [5.74, 6) is 1.88. The number of aryl methyl sites for hydroxylation is 1. The third kappa shape index (κ3) is 3.83. The van der Waals surface area contributed by atoms with Crippen molar-refractivity contribution in [1.29, 1.82) is 0 Å². The fourth-order valence-electron chi connectivity index (χ4n) is 3.49. The van der Waals surface area contributed by atoms with Crippen LogP contribution in [0.3, 0.4) is 0 Å². The van der Waals surface area contributed by atoms with Crippen molar-refractivity contribution in [3.63, 3.8) is 0 Å². The zero-order chi connectivity index (χ0) is 14.7. The summed E-state index contributed by atoms with van der Waals surface area (Å²) in [6, 6.07) is 2.38. The number of nitrogens with zero attached hydrogens (tertiary/aromatic N) is 2. The molecule has 2 atom stereocenters. The van der Waals surface area contributed by atoms with Crippen LogP contribution in [0.4, 0.5) is 5.82 Å². The minimum atomic E-state index is -0.0108. The normalized spacial score (nSPS) is 26.9. The van der Waals surface area contributed by atoms with Crippen LogP contribution in [0.2, 0.25) is 0 Å². The number of carbonyl (C=O) groups excluding carboxylic acids is 1. The molecule has 1 aromatic heterocycles. The van der Waals surface area contributed by atoms with Crippen LogP contribution in [0.15, 0.2) is 10.6 Å². The lowest BCUT2D eigenvalue weighted by Crippen LogP contribution is -2.45. The Bertz CT molecular complexity index is 482. The fourth-order valence-corrected chi connectivity index (χ4v) is 3.49. The van der Waals surface area contributed by atoms with E-state index in [4.69, 9.17) is 4.52 Å². The summed E-state index contributed by atoms with van der Waals surface area (Å²) in [6.07, 6.45) is 5.02. The van der Waals surface area contributed by atoms with E-state index in [0.717, 1.165) is 19.6 Å². The van der Waals surface area contributed by atoms with E-state index >= 15 is 0 Å². The van der Waals surface area contributed by atoms with Crippen molar-refractivity contribution in [2.24, 2.45) is 5.92 Å². The Morgan fingerprint density at radius 1 is 1.52 bits per heavy atom. The molecule has 0 aromatic carbocycles. The maximum absolute atomic E-state index is 12.1. The first kappa shape index (κ1) is 14.5. The van der Waals surface area contributed by atoms with Crippen molar-refractivity contribution in [3.8, 4) is 0 Å². The number of amides is 1. The first-order chi connectivity index (χ1) is 10.2. The third-order valence-corrected chi connectivity index (χ3v) is 4.47. The van der Waals surface area contributed by atoms with Gasteiger partial charge in [0.25, 0.3) is 0 Å². The van der Waals surface area contributed by atoms with E-state index in [1.807, 2.05) is 6.92 Å². The molecular weight excluding hydrogens is 268 g/mol. The summed E-state index contributed by atoms with van der Waals surface area (Å²) >= 11 is 0. The van der Waals surface area contributed by atoms with Crippen LogP contribution in [-0.4, -0.2) is 48.2 Å². The molecule has 2 aliphatic rings. The minimum absolute atomic E-state index is 0.0108. The Morgan fingerprint density at radius 3 is 3.14 bits per heavy atom. The Balaban J connectivity index is 1.48. The van der Waals surface area contributed by atoms with Gasteiger partial charge in [-0.3, -0.25) is 9.69 Å². The number of aromatic nitrogens is 1. The number of hydrogen-bond donors (Lipinski definition) is 2. The van der Waals surface area contributed by atoms with Crippen LogP contribution in [-0.2, 0) is 4.79 Å². The fraction of sp³-hybridized carbons (Fsp3) is 0.733. The molecule has 2 N–H and O–H groups in total. The minimum Gasteiger partial charge on any atom is -0.360 e. The van der Waals surface area contributed by atoms with Crippen LogP contribution in [0.25, 0.3) is 0 Å². The van der Waals surface area contributed by atoms with Crippen molar-refractivity contribution in [1.82, 2.24) is 15.4 Å². The molecule has 0 saturated carbocycles. The van der Waals surface area contributed by atoms with Crippen LogP contribution >= 0.6 is 0 Å². The number of carbonyl (C=O) groups is 1. The largest absolute Gasteiger partial charge is 0.360 e. The summed E-state index contributed by atoms with van der Waals surface area (Å²) < 4.78 is 4.95. The van der Waals surface area contributed by atoms with Crippen LogP contribution in [0, 0.1) is 12.8 Å². The summed E-state index contributed by atoms with van der Waals surface area (Å²) in [6.45, 7) is 5.42. The van der Waals surface area contributed by atoms with Crippen LogP contribution < -0.4 is 10.6 Å². The van der Waals surface area contributed by atoms with Crippen molar-refractivity contribution in [2.45, 2.75) is 38.6 Å². The molecule has 0 radical (unpaired) electrons. The topological polar surface area (TPSA) is 70.4 Å². The molecule has 6 nitrogen and oxygen atoms in total. The van der Waals surface area contributed by atoms with Gasteiger partial charge in [0.1, 0.15) is 5.76 Å². The molecule has 1 aromatic rings. The van der Waals surface area contributed by atoms with Gasteiger partial charge in [-0.2, -0.15) is 0 Å². The van der Waals surface area contributed by atoms with E-state index < -0.39 is 0 Å². The third-order valence-electron chi connectivity index (χ3n) is 4.47. The zero-order valence-electron chi connectivity index (χ0n) is 12.6. The molecule has 1 amide bonds. The summed E-state index contributed by atoms with van der Waals surface area (Å²) in [7, 11) is 0. The number of piperidine rings is 1. The van der Waals surface area contributed by atoms with E-state index in [9.17, 15) is 4.79 Å². The SMILES string of the molecule is Cc1cc(NC(=O)CN2CCCC(C3CCCN3)C2)no1. The van der Waals surface area contributed by atoms with Crippen LogP contribution in [0.5, 0.6) is 0 Å². The highest BCUT2D eigenvalue weighted by atomic mass is 16.5. The van der Waals surface area contributed by atoms with Gasteiger partial charge < -0.3 is 15.2 Å². The van der Waals surface area contributed by atoms with Crippen molar-refractivity contribution in [3.05, 3.63) is 11.8 Å². The molecule has 6 heteroatoms. The maximum Gasteiger partial charge on any atom is 0.239 e. The number of hydrogen-bond acceptors (Lipinski definition) is 5. The summed E-state index contributed by atoms with van der Waals surface area (Å²) in [5.41, 5.74) is 0. The lowest BCUT2D eigenvalue weighted by atomic mass is 9.90. The lowest BCUT2D eigenvalue weighted by Gasteiger charge is -2.35. The molecule has 3 rings (SSSR count). The van der Waals surface area contributed by atoms with Crippen molar-refractivity contribution < 1.29 is 9.32 Å². The quantitative estimate of drug-likeness (QED) is 0.877. The number of nitrogens with one attached hydrogen (secondary N) is 2. The van der Waals surface area contributed by atoms with E-state index in [2.05, 4.69) is 20.7 Å². The molecule has 2 aliphatic heterocycles. The standard InChI is InChI=1S/C15H24N4O2/c1-11-8-14(18-21-11)17-15(20)10-19-7-3-4-12(9-19)13-5-2-6-16-13/h8,12-13,16H,2-7,9-10H2,1H3,(H,17,18,20). The monoisotopic (exact) mass is 292 g/mol. The highest BCUT2D eigenvalue weighted by Gasteiger charge is 2.29. The molecule has 21 heavy (non-hydrogen) atoms. The molecule has 0 spiro atoms. The van der Waals surface area contributed by atoms with Gasteiger partial charge in [-0.05, 0) is 51.6 Å². The smallest absolute Gasteiger partial charge is 0.239 e. The number of rotatable bonds is 4. The maximum atomic E-state index is 12.1. The summed E-state index contributed by atoms with van der Waals surface area (Å²) in [4.78, 5) is 14.3. The van der Waals surface area contributed by atoms with Crippen molar-refractivity contribution >= 4 is 11.7 Å². The lowest BCUT2D eigenvalue weighted by molar-refractivity contribution is -0.117. The van der Waals surface area contributed by atoms with Gasteiger partial charge in [0.05, 0.1) is 6.54 Å². The Labute approximate surface area is 125 Å². The van der Waals surface area contributed by atoms with E-state index in [-0.39, 0.29) is 5.91 Å². The highest BCUT2D eigenvalue weighted by molar-refractivity contribution is 5.91. The molecule has 2 unspecified atom stereocenters. The summed E-state index contributed by atoms with van der Waals surface area (Å²) in [5, 5.41) is 10.2. The molecular formula is C15H24N4O2. The second-order valence-electron chi connectivity index (χ2n) is 6.21. The Morgan fingerprint density at radius 2 is 2.43 bits per heavy atom. The number of anilines is 1. The second-order valence-corrected chi connectivity index (χ2v) is 6.21. The van der Waals surface area contributed by atoms with Gasteiger partial charge in [0.2, 0.25) is 5.91 Å². The molecule has 2 saturated heterocycles. The number of likely N-dealkylation sites (tertiary alicyclic amines) is 1. The van der Waals surface area contributed by atoms with Gasteiger partial charge in [-0.25, -0.2) is 0 Å². The molecule has 0 aliphatic carbocycles. The average molecular weight is 292 g/mol. The van der Waals surface area contributed by atoms with E-state index in [1.54, 1.807) is 6.07 Å². The van der Waals surface area contributed by atoms with Gasteiger partial charge in [-0.1, -0.05) is 5.16 Å².